The molecule has 0 bridgehead atoms. The first-order chi connectivity index (χ1) is 3.31. The third-order valence-electron chi connectivity index (χ3n) is 0.505. The number of alkyl halides is 1. The van der Waals surface area contributed by atoms with Gasteiger partial charge in [-0.1, -0.05) is 15.9 Å². The lowest BCUT2D eigenvalue weighted by molar-refractivity contribution is 0.206. The van der Waals surface area contributed by atoms with Gasteiger partial charge in [-0.05, 0) is 0 Å². The number of aliphatic hydroxyl groups is 1. The van der Waals surface area contributed by atoms with Crippen LogP contribution in [0.25, 0.3) is 0 Å². The summed E-state index contributed by atoms with van der Waals surface area (Å²) in [5.74, 6) is 0. The van der Waals surface area contributed by atoms with Crippen LogP contribution in [-0.2, 0) is 0 Å². The van der Waals surface area contributed by atoms with E-state index < -0.39 is 6.10 Å². The SMILES string of the molecule is N#CC[C@H](O)CBr. The normalized spacial score (nSPS) is 12.7. The number of aliphatic hydroxyl groups excluding tert-OH is 1. The van der Waals surface area contributed by atoms with Gasteiger partial charge in [0.25, 0.3) is 0 Å². The van der Waals surface area contributed by atoms with E-state index in [-0.39, 0.29) is 6.42 Å². The van der Waals surface area contributed by atoms with Crippen LogP contribution in [0.15, 0.2) is 0 Å². The Morgan fingerprint density at radius 2 is 2.43 bits per heavy atom. The molecule has 0 fully saturated rings. The summed E-state index contributed by atoms with van der Waals surface area (Å²) in [6, 6.07) is 1.84. The summed E-state index contributed by atoms with van der Waals surface area (Å²) in [6.45, 7) is 0. The van der Waals surface area contributed by atoms with Crippen molar-refractivity contribution in [3.05, 3.63) is 0 Å². The lowest BCUT2D eigenvalue weighted by Crippen LogP contribution is -2.04. The van der Waals surface area contributed by atoms with Crippen LogP contribution in [0, 0.1) is 11.3 Å². The average molecular weight is 164 g/mol. The molecule has 7 heavy (non-hydrogen) atoms. The number of nitrogens with zero attached hydrogens (tertiary/aromatic N) is 1. The van der Waals surface area contributed by atoms with Gasteiger partial charge in [-0.25, -0.2) is 0 Å². The predicted octanol–water partition coefficient (Wildman–Crippen LogP) is 0.656. The first kappa shape index (κ1) is 6.93. The van der Waals surface area contributed by atoms with Crippen LogP contribution in [-0.4, -0.2) is 16.5 Å². The molecule has 0 aromatic rings. The molecular formula is C4H6BrNO. The van der Waals surface area contributed by atoms with Gasteiger partial charge in [-0.15, -0.1) is 0 Å². The van der Waals surface area contributed by atoms with Crippen LogP contribution in [0.2, 0.25) is 0 Å². The van der Waals surface area contributed by atoms with E-state index in [1.165, 1.54) is 0 Å². The molecule has 1 atom stereocenters. The number of hydrogen-bond donors (Lipinski definition) is 1. The largest absolute Gasteiger partial charge is 0.391 e. The van der Waals surface area contributed by atoms with Crippen LogP contribution >= 0.6 is 15.9 Å². The molecule has 0 aliphatic carbocycles. The van der Waals surface area contributed by atoms with Crippen molar-refractivity contribution in [1.29, 1.82) is 5.26 Å². The zero-order chi connectivity index (χ0) is 5.70. The second kappa shape index (κ2) is 4.10. The molecule has 3 heteroatoms. The fraction of sp³-hybridized carbons (Fsp3) is 0.750. The van der Waals surface area contributed by atoms with Crippen LogP contribution in [0.5, 0.6) is 0 Å². The van der Waals surface area contributed by atoms with Gasteiger partial charge >= 0.3 is 0 Å². The van der Waals surface area contributed by atoms with E-state index in [0.29, 0.717) is 5.33 Å². The lowest BCUT2D eigenvalue weighted by Gasteiger charge is -1.95. The highest BCUT2D eigenvalue weighted by atomic mass is 79.9. The molecule has 0 aromatic carbocycles. The third kappa shape index (κ3) is 3.77. The Bertz CT molecular complexity index is 78.2. The van der Waals surface area contributed by atoms with Crippen molar-refractivity contribution in [2.75, 3.05) is 5.33 Å². The molecule has 0 radical (unpaired) electrons. The molecule has 0 rings (SSSR count). The van der Waals surface area contributed by atoms with E-state index in [4.69, 9.17) is 10.4 Å². The second-order valence-corrected chi connectivity index (χ2v) is 1.82. The van der Waals surface area contributed by atoms with Gasteiger partial charge in [0.05, 0.1) is 18.6 Å². The highest BCUT2D eigenvalue weighted by Gasteiger charge is 1.96. The Morgan fingerprint density at radius 1 is 1.86 bits per heavy atom. The van der Waals surface area contributed by atoms with Crippen molar-refractivity contribution in [2.45, 2.75) is 12.5 Å². The Morgan fingerprint density at radius 3 is 2.57 bits per heavy atom. The van der Waals surface area contributed by atoms with Gasteiger partial charge in [-0.3, -0.25) is 0 Å². The van der Waals surface area contributed by atoms with Crippen LogP contribution in [0.3, 0.4) is 0 Å². The van der Waals surface area contributed by atoms with Crippen molar-refractivity contribution < 1.29 is 5.11 Å². The summed E-state index contributed by atoms with van der Waals surface area (Å²) in [4.78, 5) is 0. The van der Waals surface area contributed by atoms with E-state index in [1.54, 1.807) is 0 Å². The van der Waals surface area contributed by atoms with Gasteiger partial charge in [0.15, 0.2) is 0 Å². The van der Waals surface area contributed by atoms with Gasteiger partial charge in [0.1, 0.15) is 0 Å². The monoisotopic (exact) mass is 163 g/mol. The Kier molecular flexibility index (Phi) is 4.06. The van der Waals surface area contributed by atoms with E-state index in [9.17, 15) is 0 Å². The molecule has 0 saturated heterocycles. The minimum absolute atomic E-state index is 0.214. The van der Waals surface area contributed by atoms with E-state index in [1.807, 2.05) is 6.07 Å². The maximum absolute atomic E-state index is 8.59. The van der Waals surface area contributed by atoms with Crippen LogP contribution < -0.4 is 0 Å². The molecule has 0 spiro atoms. The summed E-state index contributed by atoms with van der Waals surface area (Å²) >= 11 is 3.01. The summed E-state index contributed by atoms with van der Waals surface area (Å²) in [5.41, 5.74) is 0. The number of hydrogen-bond acceptors (Lipinski definition) is 2. The molecular weight excluding hydrogens is 158 g/mol. The third-order valence-corrected chi connectivity index (χ3v) is 1.25. The minimum atomic E-state index is -0.495. The first-order valence-corrected chi connectivity index (χ1v) is 3.04. The standard InChI is InChI=1S/C4H6BrNO/c5-3-4(7)1-2-6/h4,7H,1,3H2/t4-/m0/s1. The van der Waals surface area contributed by atoms with Gasteiger partial charge in [-0.2, -0.15) is 5.26 Å². The zero-order valence-corrected chi connectivity index (χ0v) is 5.35. The van der Waals surface area contributed by atoms with Gasteiger partial charge < -0.3 is 5.11 Å². The van der Waals surface area contributed by atoms with Crippen molar-refractivity contribution >= 4 is 15.9 Å². The molecule has 0 aromatic heterocycles. The topological polar surface area (TPSA) is 44.0 Å². The van der Waals surface area contributed by atoms with Crippen LogP contribution in [0.4, 0.5) is 0 Å². The van der Waals surface area contributed by atoms with Crippen molar-refractivity contribution in [3.63, 3.8) is 0 Å². The molecule has 0 amide bonds. The molecule has 0 aliphatic rings. The highest BCUT2D eigenvalue weighted by molar-refractivity contribution is 9.09. The van der Waals surface area contributed by atoms with Crippen LogP contribution in [0.1, 0.15) is 6.42 Å². The fourth-order valence-corrected chi connectivity index (χ4v) is 0.389. The number of rotatable bonds is 2. The minimum Gasteiger partial charge on any atom is -0.391 e. The Hall–Kier alpha value is -0.0700. The summed E-state index contributed by atoms with van der Waals surface area (Å²) in [5, 5.41) is 17.0. The molecule has 0 heterocycles. The van der Waals surface area contributed by atoms with E-state index in [0.717, 1.165) is 0 Å². The Labute approximate surface area is 50.9 Å². The lowest BCUT2D eigenvalue weighted by atomic mass is 10.3. The van der Waals surface area contributed by atoms with Gasteiger partial charge in [0, 0.05) is 5.33 Å². The summed E-state index contributed by atoms with van der Waals surface area (Å²) < 4.78 is 0. The molecule has 0 unspecified atom stereocenters. The summed E-state index contributed by atoms with van der Waals surface area (Å²) in [6.07, 6.45) is -0.282. The Balaban J connectivity index is 3.03. The predicted molar refractivity (Wildman–Crippen MR) is 30.0 cm³/mol. The zero-order valence-electron chi connectivity index (χ0n) is 3.76. The second-order valence-electron chi connectivity index (χ2n) is 1.17. The molecule has 0 saturated carbocycles. The molecule has 0 aliphatic heterocycles. The first-order valence-electron chi connectivity index (χ1n) is 1.92. The maximum Gasteiger partial charge on any atom is 0.0766 e. The number of halogens is 1. The van der Waals surface area contributed by atoms with E-state index >= 15 is 0 Å². The highest BCUT2D eigenvalue weighted by Crippen LogP contribution is 1.92. The number of nitriles is 1. The van der Waals surface area contributed by atoms with Crippen molar-refractivity contribution in [2.24, 2.45) is 0 Å². The fourth-order valence-electron chi connectivity index (χ4n) is 0.160. The van der Waals surface area contributed by atoms with Gasteiger partial charge in [0.2, 0.25) is 0 Å². The molecule has 40 valence electrons. The van der Waals surface area contributed by atoms with Crippen molar-refractivity contribution in [3.8, 4) is 6.07 Å². The van der Waals surface area contributed by atoms with Crippen molar-refractivity contribution in [1.82, 2.24) is 0 Å². The molecule has 1 N–H and O–H groups in total. The maximum atomic E-state index is 8.59. The van der Waals surface area contributed by atoms with E-state index in [2.05, 4.69) is 15.9 Å². The molecule has 2 nitrogen and oxygen atoms in total. The summed E-state index contributed by atoms with van der Waals surface area (Å²) in [7, 11) is 0. The quantitative estimate of drug-likeness (QED) is 0.609. The smallest absolute Gasteiger partial charge is 0.0766 e. The average Bonchev–Trinajstić information content (AvgIpc) is 1.68.